The van der Waals surface area contributed by atoms with E-state index in [9.17, 15) is 9.59 Å². The Morgan fingerprint density at radius 2 is 2.00 bits per heavy atom. The Labute approximate surface area is 140 Å². The fraction of sp³-hybridized carbons (Fsp3) is 0.438. The van der Waals surface area contributed by atoms with E-state index in [0.29, 0.717) is 13.1 Å². The number of fused-ring (bicyclic) bond motifs is 1. The summed E-state index contributed by atoms with van der Waals surface area (Å²) in [6, 6.07) is 5.83. The second kappa shape index (κ2) is 7.78. The van der Waals surface area contributed by atoms with Gasteiger partial charge in [-0.15, -0.1) is 0 Å². The normalized spacial score (nSPS) is 10.9. The van der Waals surface area contributed by atoms with Crippen molar-refractivity contribution in [2.45, 2.75) is 19.5 Å². The highest BCUT2D eigenvalue weighted by Crippen LogP contribution is 2.20. The van der Waals surface area contributed by atoms with Crippen molar-refractivity contribution in [3.63, 3.8) is 0 Å². The summed E-state index contributed by atoms with van der Waals surface area (Å²) in [6.07, 6.45) is 1.51. The van der Waals surface area contributed by atoms with E-state index in [1.807, 2.05) is 22.8 Å². The van der Waals surface area contributed by atoms with E-state index in [2.05, 4.69) is 4.98 Å². The lowest BCUT2D eigenvalue weighted by Crippen LogP contribution is -2.41. The van der Waals surface area contributed by atoms with Crippen molar-refractivity contribution in [1.29, 1.82) is 0 Å². The first-order chi connectivity index (χ1) is 11.5. The number of esters is 1. The maximum Gasteiger partial charge on any atom is 0.423 e. The first kappa shape index (κ1) is 17.7. The summed E-state index contributed by atoms with van der Waals surface area (Å²) < 4.78 is 11.4. The Morgan fingerprint density at radius 3 is 2.67 bits per heavy atom. The van der Waals surface area contributed by atoms with Crippen molar-refractivity contribution in [2.75, 3.05) is 28.3 Å². The van der Waals surface area contributed by atoms with Crippen molar-refractivity contribution >= 4 is 23.1 Å². The lowest BCUT2D eigenvalue weighted by molar-refractivity contribution is -0.140. The number of methoxy groups -OCH3 is 2. The monoisotopic (exact) mass is 334 g/mol. The van der Waals surface area contributed by atoms with Gasteiger partial charge in [-0.2, -0.15) is 0 Å². The van der Waals surface area contributed by atoms with Crippen molar-refractivity contribution < 1.29 is 19.1 Å². The predicted molar refractivity (Wildman–Crippen MR) is 88.0 cm³/mol. The largest absolute Gasteiger partial charge is 0.469 e. The molecule has 2 rings (SSSR count). The molecule has 0 fully saturated rings. The molecule has 0 N–H and O–H groups in total. The SMILES string of the molecule is COC(=O)CCn1c(CN(C)N(C)C(=O)OC)cc2cccnc21. The molecule has 0 spiro atoms. The van der Waals surface area contributed by atoms with Gasteiger partial charge in [0, 0.05) is 37.9 Å². The van der Waals surface area contributed by atoms with Crippen LogP contribution in [0.5, 0.6) is 0 Å². The molecule has 2 heterocycles. The molecule has 130 valence electrons. The molecular weight excluding hydrogens is 312 g/mol. The molecule has 0 bridgehead atoms. The molecule has 2 aromatic rings. The Bertz CT molecular complexity index is 728. The minimum Gasteiger partial charge on any atom is -0.469 e. The van der Waals surface area contributed by atoms with E-state index >= 15 is 0 Å². The molecule has 2 aromatic heterocycles. The van der Waals surface area contributed by atoms with Gasteiger partial charge in [0.2, 0.25) is 0 Å². The lowest BCUT2D eigenvalue weighted by Gasteiger charge is -2.27. The van der Waals surface area contributed by atoms with Gasteiger partial charge in [-0.3, -0.25) is 4.79 Å². The Kier molecular flexibility index (Phi) is 5.75. The quantitative estimate of drug-likeness (QED) is 0.590. The number of nitrogens with zero attached hydrogens (tertiary/aromatic N) is 4. The van der Waals surface area contributed by atoms with Crippen LogP contribution in [0.1, 0.15) is 12.1 Å². The summed E-state index contributed by atoms with van der Waals surface area (Å²) in [5, 5.41) is 4.09. The lowest BCUT2D eigenvalue weighted by atomic mass is 10.3. The van der Waals surface area contributed by atoms with Crippen molar-refractivity contribution in [3.8, 4) is 0 Å². The second-order valence-corrected chi connectivity index (χ2v) is 5.34. The fourth-order valence-corrected chi connectivity index (χ4v) is 2.44. The van der Waals surface area contributed by atoms with E-state index in [0.717, 1.165) is 16.7 Å². The zero-order valence-electron chi connectivity index (χ0n) is 14.4. The van der Waals surface area contributed by atoms with Gasteiger partial charge in [-0.25, -0.2) is 19.8 Å². The fourth-order valence-electron chi connectivity index (χ4n) is 2.44. The third kappa shape index (κ3) is 3.83. The van der Waals surface area contributed by atoms with Crippen molar-refractivity contribution in [1.82, 2.24) is 19.6 Å². The molecule has 0 radical (unpaired) electrons. The number of pyridine rings is 1. The highest BCUT2D eigenvalue weighted by Gasteiger charge is 2.18. The number of aromatic nitrogens is 2. The molecule has 0 aliphatic carbocycles. The second-order valence-electron chi connectivity index (χ2n) is 5.34. The molecule has 1 amide bonds. The molecule has 24 heavy (non-hydrogen) atoms. The van der Waals surface area contributed by atoms with E-state index in [1.165, 1.54) is 19.2 Å². The van der Waals surface area contributed by atoms with Gasteiger partial charge in [0.1, 0.15) is 5.65 Å². The van der Waals surface area contributed by atoms with Gasteiger partial charge in [-0.1, -0.05) is 0 Å². The number of hydrogen-bond donors (Lipinski definition) is 0. The van der Waals surface area contributed by atoms with Crippen molar-refractivity contribution in [3.05, 3.63) is 30.1 Å². The predicted octanol–water partition coefficient (Wildman–Crippen LogP) is 1.64. The van der Waals surface area contributed by atoms with Gasteiger partial charge < -0.3 is 14.0 Å². The number of hydrazine groups is 1. The standard InChI is InChI=1S/C16H22N4O4/c1-18(19(2)16(22)24-4)11-13-10-12-6-5-8-17-15(12)20(13)9-7-14(21)23-3/h5-6,8,10H,7,9,11H2,1-4H3. The molecule has 0 aromatic carbocycles. The minimum atomic E-state index is -0.451. The van der Waals surface area contributed by atoms with Crippen LogP contribution in [-0.2, 0) is 27.4 Å². The van der Waals surface area contributed by atoms with Crippen LogP contribution in [0.4, 0.5) is 4.79 Å². The van der Waals surface area contributed by atoms with Crippen LogP contribution in [0, 0.1) is 0 Å². The Morgan fingerprint density at radius 1 is 1.25 bits per heavy atom. The van der Waals surface area contributed by atoms with Crippen molar-refractivity contribution in [2.24, 2.45) is 0 Å². The highest BCUT2D eigenvalue weighted by atomic mass is 16.5. The van der Waals surface area contributed by atoms with Gasteiger partial charge in [-0.05, 0) is 18.2 Å². The van der Waals surface area contributed by atoms with Gasteiger partial charge >= 0.3 is 12.1 Å². The molecule has 8 nitrogen and oxygen atoms in total. The van der Waals surface area contributed by atoms with E-state index in [4.69, 9.17) is 9.47 Å². The minimum absolute atomic E-state index is 0.250. The molecule has 0 aliphatic heterocycles. The molecule has 0 atom stereocenters. The van der Waals surface area contributed by atoms with Crippen LogP contribution < -0.4 is 0 Å². The maximum absolute atomic E-state index is 11.6. The number of rotatable bonds is 6. The molecule has 0 unspecified atom stereocenters. The molecule has 0 aliphatic rings. The summed E-state index contributed by atoms with van der Waals surface area (Å²) in [7, 11) is 6.12. The van der Waals surface area contributed by atoms with Crippen LogP contribution >= 0.6 is 0 Å². The average Bonchev–Trinajstić information content (AvgIpc) is 2.95. The van der Waals surface area contributed by atoms with Crippen LogP contribution in [0.15, 0.2) is 24.4 Å². The molecule has 0 saturated carbocycles. The van der Waals surface area contributed by atoms with Crippen LogP contribution in [0.25, 0.3) is 11.0 Å². The number of carbonyl (C=O) groups is 2. The Balaban J connectivity index is 2.27. The number of hydrogen-bond acceptors (Lipinski definition) is 6. The van der Waals surface area contributed by atoms with E-state index in [-0.39, 0.29) is 12.4 Å². The van der Waals surface area contributed by atoms with Gasteiger partial charge in [0.15, 0.2) is 0 Å². The molecule has 8 heteroatoms. The topological polar surface area (TPSA) is 76.9 Å². The summed E-state index contributed by atoms with van der Waals surface area (Å²) in [5.41, 5.74) is 1.73. The van der Waals surface area contributed by atoms with Gasteiger partial charge in [0.25, 0.3) is 0 Å². The summed E-state index contributed by atoms with van der Waals surface area (Å²) in [5.74, 6) is -0.279. The first-order valence-electron chi connectivity index (χ1n) is 7.50. The third-order valence-corrected chi connectivity index (χ3v) is 3.85. The third-order valence-electron chi connectivity index (χ3n) is 3.85. The maximum atomic E-state index is 11.6. The summed E-state index contributed by atoms with van der Waals surface area (Å²) >= 11 is 0. The summed E-state index contributed by atoms with van der Waals surface area (Å²) in [4.78, 5) is 27.5. The molecule has 0 saturated heterocycles. The van der Waals surface area contributed by atoms with E-state index in [1.54, 1.807) is 25.3 Å². The van der Waals surface area contributed by atoms with Gasteiger partial charge in [0.05, 0.1) is 27.2 Å². The van der Waals surface area contributed by atoms with Crippen LogP contribution in [0.2, 0.25) is 0 Å². The van der Waals surface area contributed by atoms with Crippen LogP contribution in [0.3, 0.4) is 0 Å². The smallest absolute Gasteiger partial charge is 0.423 e. The first-order valence-corrected chi connectivity index (χ1v) is 7.50. The average molecular weight is 334 g/mol. The number of aryl methyl sites for hydroxylation is 1. The zero-order chi connectivity index (χ0) is 17.7. The number of amides is 1. The zero-order valence-corrected chi connectivity index (χ0v) is 14.4. The summed E-state index contributed by atoms with van der Waals surface area (Å²) in [6.45, 7) is 0.918. The number of ether oxygens (including phenoxy) is 2. The number of carbonyl (C=O) groups excluding carboxylic acids is 2. The Hall–Kier alpha value is -2.61. The molecular formula is C16H22N4O4. The van der Waals surface area contributed by atoms with Crippen LogP contribution in [-0.4, -0.2) is 59.9 Å². The van der Waals surface area contributed by atoms with E-state index < -0.39 is 6.09 Å². The highest BCUT2D eigenvalue weighted by molar-refractivity contribution is 5.77.